The topological polar surface area (TPSA) is 27.7 Å². The third kappa shape index (κ3) is 4.81. The van der Waals surface area contributed by atoms with Crippen molar-refractivity contribution in [3.05, 3.63) is 206 Å². The molecular weight excluding hydrogens is 657 g/mol. The van der Waals surface area contributed by atoms with E-state index in [4.69, 9.17) is 4.98 Å². The van der Waals surface area contributed by atoms with Gasteiger partial charge in [-0.05, 0) is 83.4 Å². The third-order valence-electron chi connectivity index (χ3n) is 10.9. The lowest BCUT2D eigenvalue weighted by molar-refractivity contribution is 0.933. The van der Waals surface area contributed by atoms with Gasteiger partial charge in [0.1, 0.15) is 5.82 Å². The first-order chi connectivity index (χ1) is 26.8. The number of nitrogens with zero attached hydrogens (tertiary/aromatic N) is 4. The van der Waals surface area contributed by atoms with E-state index in [2.05, 4.69) is 208 Å². The molecule has 0 spiro atoms. The van der Waals surface area contributed by atoms with Crippen molar-refractivity contribution >= 4 is 54.6 Å². The molecule has 3 aromatic heterocycles. The van der Waals surface area contributed by atoms with Crippen LogP contribution in [0.3, 0.4) is 0 Å². The minimum atomic E-state index is 0.737. The maximum atomic E-state index is 5.15. The largest absolute Gasteiger partial charge is 0.309 e. The SMILES string of the molecule is c1ccc(Cc2nc3ccccc3n2-c2cccc(-c3cc(-n4c5ccccc5c5ccccc54)cc(-n4c5ccccc5c5ccccc54)c3)c2)cc1. The van der Waals surface area contributed by atoms with Crippen molar-refractivity contribution in [3.63, 3.8) is 0 Å². The Bertz CT molecular complexity index is 2960. The predicted molar refractivity (Wildman–Crippen MR) is 224 cm³/mol. The molecule has 4 nitrogen and oxygen atoms in total. The molecule has 0 fully saturated rings. The van der Waals surface area contributed by atoms with Crippen LogP contribution in [0.5, 0.6) is 0 Å². The molecule has 0 N–H and O–H groups in total. The van der Waals surface area contributed by atoms with Gasteiger partial charge in [0, 0.05) is 45.0 Å². The fraction of sp³-hybridized carbons (Fsp3) is 0.0200. The van der Waals surface area contributed by atoms with Gasteiger partial charge in [0.2, 0.25) is 0 Å². The van der Waals surface area contributed by atoms with Crippen LogP contribution >= 0.6 is 0 Å². The molecular formula is C50H34N4. The number of imidazole rings is 1. The lowest BCUT2D eigenvalue weighted by atomic mass is 10.0. The second-order valence-electron chi connectivity index (χ2n) is 14.0. The molecule has 0 atom stereocenters. The summed E-state index contributed by atoms with van der Waals surface area (Å²) in [6.45, 7) is 0. The van der Waals surface area contributed by atoms with Gasteiger partial charge in [0.15, 0.2) is 0 Å². The number of aromatic nitrogens is 4. The van der Waals surface area contributed by atoms with E-state index in [1.54, 1.807) is 0 Å². The Morgan fingerprint density at radius 1 is 0.333 bits per heavy atom. The Kier molecular flexibility index (Phi) is 6.89. The standard InChI is InChI=1S/C50H34N4/c1-2-15-34(16-3-1)29-50-51-44-23-8-13-28-49(44)54(50)37-18-14-17-35(30-37)36-31-38(52-45-24-9-4-19-40(45)41-20-5-10-25-46(41)52)33-39(32-36)53-47-26-11-6-21-42(47)43-22-7-12-27-48(43)53/h1-28,30-33H,29H2. The predicted octanol–water partition coefficient (Wildman–Crippen LogP) is 12.5. The number of benzene rings is 8. The molecule has 0 saturated carbocycles. The highest BCUT2D eigenvalue weighted by molar-refractivity contribution is 6.10. The van der Waals surface area contributed by atoms with Crippen molar-refractivity contribution in [3.8, 4) is 28.2 Å². The molecule has 0 aliphatic carbocycles. The van der Waals surface area contributed by atoms with Gasteiger partial charge < -0.3 is 9.13 Å². The van der Waals surface area contributed by atoms with Gasteiger partial charge in [0.25, 0.3) is 0 Å². The number of hydrogen-bond acceptors (Lipinski definition) is 1. The minimum Gasteiger partial charge on any atom is -0.309 e. The molecule has 0 bridgehead atoms. The third-order valence-corrected chi connectivity index (χ3v) is 10.9. The molecule has 4 heteroatoms. The Hall–Kier alpha value is -7.17. The molecule has 0 radical (unpaired) electrons. The number of para-hydroxylation sites is 6. The zero-order chi connectivity index (χ0) is 35.6. The summed E-state index contributed by atoms with van der Waals surface area (Å²) < 4.78 is 7.18. The van der Waals surface area contributed by atoms with Gasteiger partial charge in [-0.25, -0.2) is 4.98 Å². The second-order valence-corrected chi connectivity index (χ2v) is 14.0. The van der Waals surface area contributed by atoms with Gasteiger partial charge in [-0.15, -0.1) is 0 Å². The summed E-state index contributed by atoms with van der Waals surface area (Å²) in [5, 5.41) is 4.99. The highest BCUT2D eigenvalue weighted by atomic mass is 15.1. The fourth-order valence-electron chi connectivity index (χ4n) is 8.51. The summed E-state index contributed by atoms with van der Waals surface area (Å²) in [6, 6.07) is 70.1. The lowest BCUT2D eigenvalue weighted by Gasteiger charge is -2.17. The fourth-order valence-corrected chi connectivity index (χ4v) is 8.51. The van der Waals surface area contributed by atoms with Crippen molar-refractivity contribution in [1.82, 2.24) is 18.7 Å². The second kappa shape index (κ2) is 12.2. The van der Waals surface area contributed by atoms with Crippen molar-refractivity contribution < 1.29 is 0 Å². The highest BCUT2D eigenvalue weighted by Crippen LogP contribution is 2.38. The van der Waals surface area contributed by atoms with E-state index in [-0.39, 0.29) is 0 Å². The van der Waals surface area contributed by atoms with Gasteiger partial charge >= 0.3 is 0 Å². The lowest BCUT2D eigenvalue weighted by Crippen LogP contribution is -2.03. The molecule has 54 heavy (non-hydrogen) atoms. The van der Waals surface area contributed by atoms with E-state index in [0.717, 1.165) is 51.5 Å². The molecule has 3 heterocycles. The molecule has 0 amide bonds. The van der Waals surface area contributed by atoms with Crippen LogP contribution in [0.25, 0.3) is 82.8 Å². The van der Waals surface area contributed by atoms with Crippen LogP contribution in [-0.2, 0) is 6.42 Å². The molecule has 0 unspecified atom stereocenters. The van der Waals surface area contributed by atoms with Gasteiger partial charge in [-0.3, -0.25) is 4.57 Å². The molecule has 0 aliphatic rings. The van der Waals surface area contributed by atoms with E-state index >= 15 is 0 Å². The minimum absolute atomic E-state index is 0.737. The average molecular weight is 691 g/mol. The van der Waals surface area contributed by atoms with Crippen LogP contribution < -0.4 is 0 Å². The normalized spacial score (nSPS) is 11.8. The molecule has 0 saturated heterocycles. The molecule has 11 rings (SSSR count). The smallest absolute Gasteiger partial charge is 0.118 e. The van der Waals surface area contributed by atoms with E-state index in [9.17, 15) is 0 Å². The molecule has 11 aromatic rings. The van der Waals surface area contributed by atoms with Crippen molar-refractivity contribution in [2.75, 3.05) is 0 Å². The van der Waals surface area contributed by atoms with Gasteiger partial charge in [-0.2, -0.15) is 0 Å². The summed E-state index contributed by atoms with van der Waals surface area (Å²) in [4.78, 5) is 5.15. The number of fused-ring (bicyclic) bond motifs is 7. The van der Waals surface area contributed by atoms with E-state index in [1.807, 2.05) is 0 Å². The Labute approximate surface area is 312 Å². The number of rotatable bonds is 6. The summed E-state index contributed by atoms with van der Waals surface area (Å²) in [5.74, 6) is 1.02. The van der Waals surface area contributed by atoms with Gasteiger partial charge in [-0.1, -0.05) is 127 Å². The van der Waals surface area contributed by atoms with Gasteiger partial charge in [0.05, 0.1) is 33.1 Å². The van der Waals surface area contributed by atoms with Crippen LogP contribution in [0, 0.1) is 0 Å². The van der Waals surface area contributed by atoms with Crippen molar-refractivity contribution in [2.24, 2.45) is 0 Å². The average Bonchev–Trinajstić information content (AvgIpc) is 3.89. The van der Waals surface area contributed by atoms with E-state index in [1.165, 1.54) is 49.2 Å². The molecule has 0 aliphatic heterocycles. The summed E-state index contributed by atoms with van der Waals surface area (Å²) in [6.07, 6.45) is 0.737. The van der Waals surface area contributed by atoms with Crippen molar-refractivity contribution in [1.29, 1.82) is 0 Å². The first-order valence-electron chi connectivity index (χ1n) is 18.5. The van der Waals surface area contributed by atoms with Crippen molar-refractivity contribution in [2.45, 2.75) is 6.42 Å². The van der Waals surface area contributed by atoms with Crippen LogP contribution in [0.15, 0.2) is 194 Å². The number of hydrogen-bond donors (Lipinski definition) is 0. The summed E-state index contributed by atoms with van der Waals surface area (Å²) in [5.41, 5.74) is 13.7. The van der Waals surface area contributed by atoms with Crippen LogP contribution in [-0.4, -0.2) is 18.7 Å². The maximum Gasteiger partial charge on any atom is 0.118 e. The molecule has 254 valence electrons. The monoisotopic (exact) mass is 690 g/mol. The van der Waals surface area contributed by atoms with Crippen LogP contribution in [0.1, 0.15) is 11.4 Å². The zero-order valence-corrected chi connectivity index (χ0v) is 29.5. The molecule has 8 aromatic carbocycles. The summed E-state index contributed by atoms with van der Waals surface area (Å²) in [7, 11) is 0. The first-order valence-corrected chi connectivity index (χ1v) is 18.5. The zero-order valence-electron chi connectivity index (χ0n) is 29.5. The highest BCUT2D eigenvalue weighted by Gasteiger charge is 2.18. The van der Waals surface area contributed by atoms with Crippen LogP contribution in [0.2, 0.25) is 0 Å². The Balaban J connectivity index is 1.17. The van der Waals surface area contributed by atoms with E-state index in [0.29, 0.717) is 0 Å². The maximum absolute atomic E-state index is 5.15. The first kappa shape index (κ1) is 30.5. The quantitative estimate of drug-likeness (QED) is 0.171. The Morgan fingerprint density at radius 3 is 1.35 bits per heavy atom. The Morgan fingerprint density at radius 2 is 0.796 bits per heavy atom. The van der Waals surface area contributed by atoms with Crippen LogP contribution in [0.4, 0.5) is 0 Å². The van der Waals surface area contributed by atoms with E-state index < -0.39 is 0 Å². The summed E-state index contributed by atoms with van der Waals surface area (Å²) >= 11 is 0.